The molecule has 8 heteroatoms. The maximum atomic E-state index is 12.2. The minimum absolute atomic E-state index is 0.0496. The molecule has 0 aliphatic rings. The van der Waals surface area contributed by atoms with Gasteiger partial charge < -0.3 is 15.4 Å². The zero-order chi connectivity index (χ0) is 22.1. The lowest BCUT2D eigenvalue weighted by Gasteiger charge is -2.04. The van der Waals surface area contributed by atoms with Gasteiger partial charge in [-0.3, -0.25) is 9.59 Å². The van der Waals surface area contributed by atoms with Crippen LogP contribution in [0.1, 0.15) is 35.1 Å². The van der Waals surface area contributed by atoms with Crippen molar-refractivity contribution in [2.75, 3.05) is 18.5 Å². The predicted octanol–water partition coefficient (Wildman–Crippen LogP) is 4.79. The molecule has 2 aromatic heterocycles. The Hall–Kier alpha value is -2.55. The molecular weight excluding hydrogens is 430 g/mol. The van der Waals surface area contributed by atoms with E-state index in [0.29, 0.717) is 37.7 Å². The highest BCUT2D eigenvalue weighted by Gasteiger charge is 2.14. The minimum Gasteiger partial charge on any atom is -0.381 e. The summed E-state index contributed by atoms with van der Waals surface area (Å²) in [5.41, 5.74) is 2.13. The lowest BCUT2D eigenvalue weighted by atomic mass is 10.2. The van der Waals surface area contributed by atoms with Gasteiger partial charge in [-0.15, -0.1) is 22.7 Å². The maximum absolute atomic E-state index is 12.2. The summed E-state index contributed by atoms with van der Waals surface area (Å²) in [6, 6.07) is 14.2. The van der Waals surface area contributed by atoms with Crippen LogP contribution in [0.15, 0.2) is 42.5 Å². The normalized spacial score (nSPS) is 10.8. The van der Waals surface area contributed by atoms with Crippen molar-refractivity contribution in [3.05, 3.63) is 57.8 Å². The van der Waals surface area contributed by atoms with E-state index in [0.717, 1.165) is 26.7 Å². The Labute approximate surface area is 190 Å². The number of carbonyl (C=O) groups is 2. The Kier molecular flexibility index (Phi) is 8.75. The van der Waals surface area contributed by atoms with Gasteiger partial charge in [0.1, 0.15) is 0 Å². The Morgan fingerprint density at radius 2 is 1.87 bits per heavy atom. The van der Waals surface area contributed by atoms with Gasteiger partial charge in [0.15, 0.2) is 5.13 Å². The third kappa shape index (κ3) is 7.57. The fraction of sp³-hybridized carbons (Fsp3) is 0.348. The SMILES string of the molecule is CC(=O)NCc1ccc(-c2nc(NC(=O)CCCOCCc3ccccc3)sc2C)s1. The molecule has 0 saturated heterocycles. The van der Waals surface area contributed by atoms with E-state index in [1.165, 1.54) is 23.8 Å². The van der Waals surface area contributed by atoms with E-state index < -0.39 is 0 Å². The van der Waals surface area contributed by atoms with Crippen molar-refractivity contribution in [1.29, 1.82) is 0 Å². The van der Waals surface area contributed by atoms with Crippen LogP contribution in [0.2, 0.25) is 0 Å². The van der Waals surface area contributed by atoms with Crippen LogP contribution in [-0.4, -0.2) is 30.0 Å². The van der Waals surface area contributed by atoms with E-state index in [9.17, 15) is 9.59 Å². The third-order valence-corrected chi connectivity index (χ3v) is 6.50. The number of anilines is 1. The number of thiophene rings is 1. The average Bonchev–Trinajstić information content (AvgIpc) is 3.36. The molecule has 2 amide bonds. The van der Waals surface area contributed by atoms with Crippen molar-refractivity contribution in [2.24, 2.45) is 0 Å². The molecule has 0 aliphatic carbocycles. The topological polar surface area (TPSA) is 80.3 Å². The van der Waals surface area contributed by atoms with Crippen molar-refractivity contribution in [3.63, 3.8) is 0 Å². The number of ether oxygens (including phenoxy) is 1. The van der Waals surface area contributed by atoms with Crippen LogP contribution < -0.4 is 10.6 Å². The van der Waals surface area contributed by atoms with Gasteiger partial charge in [0, 0.05) is 29.7 Å². The fourth-order valence-electron chi connectivity index (χ4n) is 2.94. The van der Waals surface area contributed by atoms with Gasteiger partial charge in [-0.1, -0.05) is 30.3 Å². The van der Waals surface area contributed by atoms with Crippen LogP contribution >= 0.6 is 22.7 Å². The van der Waals surface area contributed by atoms with Crippen molar-refractivity contribution < 1.29 is 14.3 Å². The summed E-state index contributed by atoms with van der Waals surface area (Å²) in [7, 11) is 0. The van der Waals surface area contributed by atoms with Gasteiger partial charge in [-0.2, -0.15) is 0 Å². The van der Waals surface area contributed by atoms with Gasteiger partial charge in [0.25, 0.3) is 0 Å². The molecule has 3 aromatic rings. The summed E-state index contributed by atoms with van der Waals surface area (Å²) in [6.45, 7) is 5.24. The second-order valence-electron chi connectivity index (χ2n) is 7.10. The number of rotatable bonds is 11. The van der Waals surface area contributed by atoms with Crippen molar-refractivity contribution in [3.8, 4) is 10.6 Å². The summed E-state index contributed by atoms with van der Waals surface area (Å²) < 4.78 is 5.64. The lowest BCUT2D eigenvalue weighted by molar-refractivity contribution is -0.119. The molecule has 2 heterocycles. The predicted molar refractivity (Wildman–Crippen MR) is 127 cm³/mol. The molecule has 0 saturated carbocycles. The summed E-state index contributed by atoms with van der Waals surface area (Å²) in [4.78, 5) is 31.1. The van der Waals surface area contributed by atoms with E-state index >= 15 is 0 Å². The highest BCUT2D eigenvalue weighted by atomic mass is 32.1. The quantitative estimate of drug-likeness (QED) is 0.406. The van der Waals surface area contributed by atoms with Crippen LogP contribution in [-0.2, 0) is 27.3 Å². The molecule has 31 heavy (non-hydrogen) atoms. The number of amides is 2. The first-order chi connectivity index (χ1) is 15.0. The van der Waals surface area contributed by atoms with Crippen LogP contribution in [0.25, 0.3) is 10.6 Å². The van der Waals surface area contributed by atoms with Gasteiger partial charge in [-0.05, 0) is 37.5 Å². The van der Waals surface area contributed by atoms with E-state index in [1.807, 2.05) is 37.3 Å². The van der Waals surface area contributed by atoms with Gasteiger partial charge in [0.05, 0.1) is 23.7 Å². The third-order valence-electron chi connectivity index (χ3n) is 4.52. The minimum atomic E-state index is -0.0514. The molecular formula is C23H27N3O3S2. The number of thiazole rings is 1. The van der Waals surface area contributed by atoms with Gasteiger partial charge in [0.2, 0.25) is 11.8 Å². The monoisotopic (exact) mass is 457 g/mol. The second-order valence-corrected chi connectivity index (χ2v) is 9.47. The van der Waals surface area contributed by atoms with E-state index in [4.69, 9.17) is 4.74 Å². The fourth-order valence-corrected chi connectivity index (χ4v) is 4.85. The van der Waals surface area contributed by atoms with Crippen LogP contribution in [0.3, 0.4) is 0 Å². The summed E-state index contributed by atoms with van der Waals surface area (Å²) in [5, 5.41) is 6.31. The number of benzene rings is 1. The smallest absolute Gasteiger partial charge is 0.226 e. The summed E-state index contributed by atoms with van der Waals surface area (Å²) >= 11 is 3.07. The van der Waals surface area contributed by atoms with E-state index in [-0.39, 0.29) is 11.8 Å². The Balaban J connectivity index is 1.40. The maximum Gasteiger partial charge on any atom is 0.226 e. The molecule has 0 unspecified atom stereocenters. The number of carbonyl (C=O) groups excluding carboxylic acids is 2. The molecule has 0 aliphatic heterocycles. The summed E-state index contributed by atoms with van der Waals surface area (Å²) in [5.74, 6) is -0.101. The zero-order valence-corrected chi connectivity index (χ0v) is 19.4. The van der Waals surface area contributed by atoms with Gasteiger partial charge in [-0.25, -0.2) is 4.98 Å². The second kappa shape index (κ2) is 11.7. The van der Waals surface area contributed by atoms with Crippen LogP contribution in [0.4, 0.5) is 5.13 Å². The highest BCUT2D eigenvalue weighted by Crippen LogP contribution is 2.34. The zero-order valence-electron chi connectivity index (χ0n) is 17.8. The van der Waals surface area contributed by atoms with Crippen molar-refractivity contribution in [2.45, 2.75) is 39.7 Å². The number of nitrogens with zero attached hydrogens (tertiary/aromatic N) is 1. The Morgan fingerprint density at radius 3 is 2.65 bits per heavy atom. The molecule has 0 spiro atoms. The van der Waals surface area contributed by atoms with E-state index in [2.05, 4.69) is 27.8 Å². The molecule has 0 radical (unpaired) electrons. The first kappa shape index (κ1) is 23.1. The molecule has 0 bridgehead atoms. The first-order valence-corrected chi connectivity index (χ1v) is 11.9. The Bertz CT molecular complexity index is 999. The Morgan fingerprint density at radius 1 is 1.06 bits per heavy atom. The number of aryl methyl sites for hydroxylation is 1. The number of aromatic nitrogens is 1. The largest absolute Gasteiger partial charge is 0.381 e. The number of nitrogens with one attached hydrogen (secondary N) is 2. The molecule has 6 nitrogen and oxygen atoms in total. The van der Waals surface area contributed by atoms with Crippen LogP contribution in [0, 0.1) is 6.92 Å². The molecule has 3 rings (SSSR count). The number of hydrogen-bond acceptors (Lipinski definition) is 6. The highest BCUT2D eigenvalue weighted by molar-refractivity contribution is 7.18. The molecule has 164 valence electrons. The van der Waals surface area contributed by atoms with Crippen molar-refractivity contribution in [1.82, 2.24) is 10.3 Å². The molecule has 1 aromatic carbocycles. The average molecular weight is 458 g/mol. The van der Waals surface area contributed by atoms with E-state index in [1.54, 1.807) is 11.3 Å². The first-order valence-electron chi connectivity index (χ1n) is 10.2. The molecule has 0 atom stereocenters. The number of hydrogen-bond donors (Lipinski definition) is 2. The van der Waals surface area contributed by atoms with Gasteiger partial charge >= 0.3 is 0 Å². The standard InChI is InChI=1S/C23H27N3O3S2/c1-16-22(20-11-10-19(31-20)15-24-17(2)27)26-23(30-16)25-21(28)9-6-13-29-14-12-18-7-4-3-5-8-18/h3-5,7-8,10-11H,6,9,12-15H2,1-2H3,(H,24,27)(H,25,26,28). The summed E-state index contributed by atoms with van der Waals surface area (Å²) in [6.07, 6.45) is 1.96. The lowest BCUT2D eigenvalue weighted by Crippen LogP contribution is -2.17. The van der Waals surface area contributed by atoms with Crippen LogP contribution in [0.5, 0.6) is 0 Å². The molecule has 2 N–H and O–H groups in total. The van der Waals surface area contributed by atoms with Crippen molar-refractivity contribution >= 4 is 39.6 Å². The molecule has 0 fully saturated rings.